The number of amides is 1. The Morgan fingerprint density at radius 3 is 2.59 bits per heavy atom. The third kappa shape index (κ3) is 4.61. The van der Waals surface area contributed by atoms with E-state index in [1.165, 1.54) is 20.3 Å². The standard InChI is InChI=1S/C20H26N4O5/c1-23(2)20-21-14(10-17(25)22-20)13-8-9-24(11-13)18(26)12-29-19-15(27-3)6-5-7-16(19)28-4/h5-7,10,13H,8-9,11-12H2,1-4H3,(H,21,22,25)/t13-/m0/s1. The van der Waals surface area contributed by atoms with E-state index in [9.17, 15) is 9.59 Å². The number of ether oxygens (including phenoxy) is 3. The second-order valence-corrected chi connectivity index (χ2v) is 6.99. The fourth-order valence-corrected chi connectivity index (χ4v) is 3.30. The van der Waals surface area contributed by atoms with Gasteiger partial charge in [-0.25, -0.2) is 4.98 Å². The molecule has 0 spiro atoms. The van der Waals surface area contributed by atoms with Crippen molar-refractivity contribution in [3.63, 3.8) is 0 Å². The number of nitrogens with zero attached hydrogens (tertiary/aromatic N) is 3. The van der Waals surface area contributed by atoms with Crippen molar-refractivity contribution >= 4 is 11.9 Å². The number of methoxy groups -OCH3 is 2. The second-order valence-electron chi connectivity index (χ2n) is 6.99. The van der Waals surface area contributed by atoms with Crippen molar-refractivity contribution in [2.24, 2.45) is 0 Å². The summed E-state index contributed by atoms with van der Waals surface area (Å²) in [7, 11) is 6.70. The van der Waals surface area contributed by atoms with Gasteiger partial charge in [0.1, 0.15) is 0 Å². The molecule has 1 N–H and O–H groups in total. The van der Waals surface area contributed by atoms with Crippen LogP contribution in [-0.4, -0.2) is 68.8 Å². The first kappa shape index (κ1) is 20.5. The summed E-state index contributed by atoms with van der Waals surface area (Å²) in [6, 6.07) is 6.78. The van der Waals surface area contributed by atoms with Crippen LogP contribution in [0.4, 0.5) is 5.95 Å². The van der Waals surface area contributed by atoms with E-state index in [1.54, 1.807) is 28.0 Å². The largest absolute Gasteiger partial charge is 0.493 e. The zero-order valence-electron chi connectivity index (χ0n) is 17.1. The molecule has 9 nitrogen and oxygen atoms in total. The average Bonchev–Trinajstić information content (AvgIpc) is 3.21. The molecule has 0 saturated carbocycles. The highest BCUT2D eigenvalue weighted by Crippen LogP contribution is 2.36. The van der Waals surface area contributed by atoms with Gasteiger partial charge >= 0.3 is 0 Å². The first-order valence-electron chi connectivity index (χ1n) is 9.33. The number of H-pyrrole nitrogens is 1. The third-order valence-electron chi connectivity index (χ3n) is 4.85. The Morgan fingerprint density at radius 2 is 1.97 bits per heavy atom. The summed E-state index contributed by atoms with van der Waals surface area (Å²) >= 11 is 0. The van der Waals surface area contributed by atoms with Crippen LogP contribution in [0, 0.1) is 0 Å². The van der Waals surface area contributed by atoms with Crippen molar-refractivity contribution in [3.05, 3.63) is 40.3 Å². The van der Waals surface area contributed by atoms with Gasteiger partial charge in [0.15, 0.2) is 18.1 Å². The molecule has 1 amide bonds. The molecule has 0 unspecified atom stereocenters. The highest BCUT2D eigenvalue weighted by molar-refractivity contribution is 5.78. The number of carbonyl (C=O) groups excluding carboxylic acids is 1. The van der Waals surface area contributed by atoms with E-state index in [1.807, 2.05) is 14.1 Å². The molecule has 1 aromatic heterocycles. The maximum absolute atomic E-state index is 12.7. The number of para-hydroxylation sites is 1. The minimum atomic E-state index is -0.199. The van der Waals surface area contributed by atoms with Crippen LogP contribution in [0.25, 0.3) is 0 Å². The molecule has 9 heteroatoms. The normalized spacial score (nSPS) is 15.9. The summed E-state index contributed by atoms with van der Waals surface area (Å²) in [5.74, 6) is 1.77. The molecule has 1 aromatic carbocycles. The summed E-state index contributed by atoms with van der Waals surface area (Å²) in [5.41, 5.74) is 0.496. The van der Waals surface area contributed by atoms with E-state index in [-0.39, 0.29) is 24.0 Å². The molecular weight excluding hydrogens is 376 g/mol. The highest BCUT2D eigenvalue weighted by atomic mass is 16.5. The van der Waals surface area contributed by atoms with Gasteiger partial charge in [0, 0.05) is 39.2 Å². The van der Waals surface area contributed by atoms with Crippen LogP contribution in [0.5, 0.6) is 17.2 Å². The van der Waals surface area contributed by atoms with Crippen molar-refractivity contribution in [2.45, 2.75) is 12.3 Å². The van der Waals surface area contributed by atoms with E-state index in [0.717, 1.165) is 6.42 Å². The first-order valence-corrected chi connectivity index (χ1v) is 9.33. The van der Waals surface area contributed by atoms with Gasteiger partial charge in [-0.1, -0.05) is 6.07 Å². The lowest BCUT2D eigenvalue weighted by Crippen LogP contribution is -2.33. The van der Waals surface area contributed by atoms with E-state index in [0.29, 0.717) is 42.0 Å². The zero-order valence-corrected chi connectivity index (χ0v) is 17.1. The van der Waals surface area contributed by atoms with E-state index in [4.69, 9.17) is 14.2 Å². The monoisotopic (exact) mass is 402 g/mol. The van der Waals surface area contributed by atoms with E-state index < -0.39 is 0 Å². The van der Waals surface area contributed by atoms with Gasteiger partial charge in [-0.05, 0) is 18.6 Å². The summed E-state index contributed by atoms with van der Waals surface area (Å²) in [6.45, 7) is 0.950. The molecule has 0 bridgehead atoms. The lowest BCUT2D eigenvalue weighted by molar-refractivity contribution is -0.132. The van der Waals surface area contributed by atoms with Crippen LogP contribution < -0.4 is 24.7 Å². The Bertz CT molecular complexity index is 905. The van der Waals surface area contributed by atoms with E-state index in [2.05, 4.69) is 9.97 Å². The molecule has 3 rings (SSSR count). The van der Waals surface area contributed by atoms with Gasteiger partial charge < -0.3 is 24.0 Å². The molecule has 2 aromatic rings. The number of nitrogens with one attached hydrogen (secondary N) is 1. The van der Waals surface area contributed by atoms with Crippen molar-refractivity contribution in [1.82, 2.24) is 14.9 Å². The zero-order chi connectivity index (χ0) is 21.0. The van der Waals surface area contributed by atoms with Gasteiger partial charge in [0.05, 0.1) is 19.9 Å². The molecule has 156 valence electrons. The molecule has 0 aliphatic carbocycles. The smallest absolute Gasteiger partial charge is 0.260 e. The van der Waals surface area contributed by atoms with Gasteiger partial charge in [-0.15, -0.1) is 0 Å². The number of aromatic amines is 1. The minimum Gasteiger partial charge on any atom is -0.493 e. The number of likely N-dealkylation sites (tertiary alicyclic amines) is 1. The number of anilines is 1. The lowest BCUT2D eigenvalue weighted by atomic mass is 10.1. The number of aromatic nitrogens is 2. The number of benzene rings is 1. The second kappa shape index (κ2) is 8.85. The van der Waals surface area contributed by atoms with Crippen molar-refractivity contribution < 1.29 is 19.0 Å². The molecule has 2 heterocycles. The summed E-state index contributed by atoms with van der Waals surface area (Å²) in [5, 5.41) is 0. The van der Waals surface area contributed by atoms with Gasteiger partial charge in [0.25, 0.3) is 11.5 Å². The Morgan fingerprint density at radius 1 is 1.28 bits per heavy atom. The molecule has 29 heavy (non-hydrogen) atoms. The summed E-state index contributed by atoms with van der Waals surface area (Å²) < 4.78 is 16.3. The molecule has 1 saturated heterocycles. The fourth-order valence-electron chi connectivity index (χ4n) is 3.30. The van der Waals surface area contributed by atoms with Crippen LogP contribution in [0.1, 0.15) is 18.0 Å². The Balaban J connectivity index is 1.66. The van der Waals surface area contributed by atoms with Crippen molar-refractivity contribution in [2.75, 3.05) is 52.9 Å². The van der Waals surface area contributed by atoms with Crippen LogP contribution in [-0.2, 0) is 4.79 Å². The molecular formula is C20H26N4O5. The van der Waals surface area contributed by atoms with Gasteiger partial charge in [-0.2, -0.15) is 0 Å². The quantitative estimate of drug-likeness (QED) is 0.744. The van der Waals surface area contributed by atoms with Gasteiger partial charge in [-0.3, -0.25) is 14.6 Å². The molecule has 1 fully saturated rings. The molecule has 0 radical (unpaired) electrons. The Hall–Kier alpha value is -3.23. The fraction of sp³-hybridized carbons (Fsp3) is 0.450. The Labute approximate surface area is 169 Å². The Kier molecular flexibility index (Phi) is 6.26. The predicted octanol–water partition coefficient (Wildman–Crippen LogP) is 1.25. The van der Waals surface area contributed by atoms with Crippen LogP contribution in [0.15, 0.2) is 29.1 Å². The van der Waals surface area contributed by atoms with Crippen LogP contribution in [0.2, 0.25) is 0 Å². The van der Waals surface area contributed by atoms with Crippen LogP contribution in [0.3, 0.4) is 0 Å². The molecule has 1 aliphatic rings. The average molecular weight is 402 g/mol. The van der Waals surface area contributed by atoms with Crippen molar-refractivity contribution in [1.29, 1.82) is 0 Å². The van der Waals surface area contributed by atoms with Gasteiger partial charge in [0.2, 0.25) is 11.7 Å². The molecule has 1 atom stereocenters. The predicted molar refractivity (Wildman–Crippen MR) is 108 cm³/mol. The number of hydrogen-bond acceptors (Lipinski definition) is 7. The number of hydrogen-bond donors (Lipinski definition) is 1. The number of carbonyl (C=O) groups is 1. The van der Waals surface area contributed by atoms with Crippen molar-refractivity contribution in [3.8, 4) is 17.2 Å². The van der Waals surface area contributed by atoms with E-state index >= 15 is 0 Å². The summed E-state index contributed by atoms with van der Waals surface area (Å²) in [6.07, 6.45) is 0.743. The topological polar surface area (TPSA) is 97.0 Å². The maximum Gasteiger partial charge on any atom is 0.260 e. The first-order chi connectivity index (χ1) is 13.9. The maximum atomic E-state index is 12.7. The number of rotatable bonds is 7. The highest BCUT2D eigenvalue weighted by Gasteiger charge is 2.29. The SMILES string of the molecule is COc1cccc(OC)c1OCC(=O)N1CC[C@H](c2cc(=O)[nH]c(N(C)C)n2)C1. The molecule has 1 aliphatic heterocycles. The minimum absolute atomic E-state index is 0.0146. The third-order valence-corrected chi connectivity index (χ3v) is 4.85. The van der Waals surface area contributed by atoms with Crippen LogP contribution >= 0.6 is 0 Å². The summed E-state index contributed by atoms with van der Waals surface area (Å²) in [4.78, 5) is 35.3. The lowest BCUT2D eigenvalue weighted by Gasteiger charge is -2.19.